The molecular formula is C15H24N2O4. The van der Waals surface area contributed by atoms with Gasteiger partial charge < -0.3 is 19.6 Å². The van der Waals surface area contributed by atoms with Crippen LogP contribution in [-0.4, -0.2) is 64.8 Å². The normalized spacial score (nSPS) is 35.1. The Labute approximate surface area is 125 Å². The number of piperidine rings is 1. The molecule has 118 valence electrons. The lowest BCUT2D eigenvalue weighted by Crippen LogP contribution is -2.40. The lowest BCUT2D eigenvalue weighted by molar-refractivity contribution is -0.128. The average Bonchev–Trinajstić information content (AvgIpc) is 2.76. The van der Waals surface area contributed by atoms with Crippen molar-refractivity contribution in [2.24, 2.45) is 17.8 Å². The summed E-state index contributed by atoms with van der Waals surface area (Å²) in [6, 6.07) is 0.271. The Morgan fingerprint density at radius 2 is 1.90 bits per heavy atom. The van der Waals surface area contributed by atoms with Crippen molar-refractivity contribution in [2.75, 3.05) is 26.2 Å². The summed E-state index contributed by atoms with van der Waals surface area (Å²) in [6.07, 6.45) is 0.205. The standard InChI is InChI=1S/C15H24N2O4/c1-15(2,3)21-14(20)16-6-10-11(7-16)13(10)17-5-9(8-18)4-12(17)19/h9-11,13,18H,4-8H2,1-3H3/t9?,10-,11+,13?. The Morgan fingerprint density at radius 3 is 2.38 bits per heavy atom. The second kappa shape index (κ2) is 4.87. The zero-order chi connectivity index (χ0) is 15.4. The maximum Gasteiger partial charge on any atom is 0.410 e. The molecule has 4 atom stereocenters. The monoisotopic (exact) mass is 296 g/mol. The lowest BCUT2D eigenvalue weighted by Gasteiger charge is -2.27. The first kappa shape index (κ1) is 14.6. The molecule has 1 saturated carbocycles. The van der Waals surface area contributed by atoms with Crippen LogP contribution in [-0.2, 0) is 9.53 Å². The number of likely N-dealkylation sites (tertiary alicyclic amines) is 2. The smallest absolute Gasteiger partial charge is 0.410 e. The summed E-state index contributed by atoms with van der Waals surface area (Å²) in [5.74, 6) is 1.01. The molecule has 3 fully saturated rings. The fraction of sp³-hybridized carbons (Fsp3) is 0.867. The highest BCUT2D eigenvalue weighted by Gasteiger charge is 2.61. The number of hydrogen-bond acceptors (Lipinski definition) is 4. The molecule has 0 aromatic carbocycles. The van der Waals surface area contributed by atoms with Crippen molar-refractivity contribution in [1.82, 2.24) is 9.80 Å². The van der Waals surface area contributed by atoms with Crippen LogP contribution in [0.15, 0.2) is 0 Å². The fourth-order valence-corrected chi connectivity index (χ4v) is 3.65. The SMILES string of the molecule is CC(C)(C)OC(=O)N1C[C@@H]2C(N3CC(CO)CC3=O)[C@@H]2C1. The van der Waals surface area contributed by atoms with Gasteiger partial charge >= 0.3 is 6.09 Å². The molecule has 0 radical (unpaired) electrons. The molecule has 2 saturated heterocycles. The van der Waals surface area contributed by atoms with E-state index in [-0.39, 0.29) is 30.6 Å². The van der Waals surface area contributed by atoms with Crippen molar-refractivity contribution in [1.29, 1.82) is 0 Å². The van der Waals surface area contributed by atoms with Crippen LogP contribution in [0.25, 0.3) is 0 Å². The molecule has 0 aromatic rings. The number of rotatable bonds is 2. The van der Waals surface area contributed by atoms with Crippen LogP contribution in [0.1, 0.15) is 27.2 Å². The quantitative estimate of drug-likeness (QED) is 0.814. The zero-order valence-electron chi connectivity index (χ0n) is 12.9. The Kier molecular flexibility index (Phi) is 3.39. The molecule has 0 spiro atoms. The summed E-state index contributed by atoms with van der Waals surface area (Å²) >= 11 is 0. The molecule has 6 heteroatoms. The maximum atomic E-state index is 12.0. The number of carbonyl (C=O) groups excluding carboxylic acids is 2. The molecule has 2 unspecified atom stereocenters. The average molecular weight is 296 g/mol. The van der Waals surface area contributed by atoms with Gasteiger partial charge in [0.1, 0.15) is 5.60 Å². The molecule has 6 nitrogen and oxygen atoms in total. The van der Waals surface area contributed by atoms with E-state index in [4.69, 9.17) is 4.74 Å². The van der Waals surface area contributed by atoms with Crippen LogP contribution in [0.4, 0.5) is 4.79 Å². The highest BCUT2D eigenvalue weighted by Crippen LogP contribution is 2.50. The first-order chi connectivity index (χ1) is 9.80. The van der Waals surface area contributed by atoms with Gasteiger partial charge in [0.15, 0.2) is 0 Å². The van der Waals surface area contributed by atoms with Gasteiger partial charge in [0, 0.05) is 56.5 Å². The Bertz CT molecular complexity index is 447. The van der Waals surface area contributed by atoms with E-state index < -0.39 is 5.60 Å². The largest absolute Gasteiger partial charge is 0.444 e. The van der Waals surface area contributed by atoms with Crippen LogP contribution in [0.5, 0.6) is 0 Å². The van der Waals surface area contributed by atoms with Gasteiger partial charge in [0.25, 0.3) is 0 Å². The number of aliphatic hydroxyl groups excluding tert-OH is 1. The van der Waals surface area contributed by atoms with Crippen molar-refractivity contribution in [3.63, 3.8) is 0 Å². The summed E-state index contributed by atoms with van der Waals surface area (Å²) in [4.78, 5) is 27.6. The van der Waals surface area contributed by atoms with E-state index >= 15 is 0 Å². The van der Waals surface area contributed by atoms with Crippen molar-refractivity contribution >= 4 is 12.0 Å². The molecular weight excluding hydrogens is 272 g/mol. The number of fused-ring (bicyclic) bond motifs is 1. The fourth-order valence-electron chi connectivity index (χ4n) is 3.65. The predicted molar refractivity (Wildman–Crippen MR) is 75.5 cm³/mol. The van der Waals surface area contributed by atoms with Crippen LogP contribution in [0, 0.1) is 17.8 Å². The number of carbonyl (C=O) groups is 2. The molecule has 2 aliphatic heterocycles. The molecule has 2 heterocycles. The van der Waals surface area contributed by atoms with Gasteiger partial charge in [-0.15, -0.1) is 0 Å². The van der Waals surface area contributed by atoms with E-state index in [2.05, 4.69) is 0 Å². The topological polar surface area (TPSA) is 70.1 Å². The second-order valence-electron chi connectivity index (χ2n) is 7.50. The highest BCUT2D eigenvalue weighted by molar-refractivity contribution is 5.79. The first-order valence-electron chi connectivity index (χ1n) is 7.68. The second-order valence-corrected chi connectivity index (χ2v) is 7.50. The van der Waals surface area contributed by atoms with Gasteiger partial charge in [-0.2, -0.15) is 0 Å². The zero-order valence-corrected chi connectivity index (χ0v) is 12.9. The van der Waals surface area contributed by atoms with Gasteiger partial charge in [-0.3, -0.25) is 4.79 Å². The third kappa shape index (κ3) is 2.73. The highest BCUT2D eigenvalue weighted by atomic mass is 16.6. The lowest BCUT2D eigenvalue weighted by atomic mass is 10.1. The third-order valence-electron chi connectivity index (χ3n) is 4.66. The van der Waals surface area contributed by atoms with Crippen LogP contribution < -0.4 is 0 Å². The first-order valence-corrected chi connectivity index (χ1v) is 7.68. The molecule has 0 aromatic heterocycles. The molecule has 1 aliphatic carbocycles. The van der Waals surface area contributed by atoms with Gasteiger partial charge in [0.05, 0.1) is 0 Å². The van der Waals surface area contributed by atoms with Gasteiger partial charge in [-0.1, -0.05) is 0 Å². The van der Waals surface area contributed by atoms with Gasteiger partial charge in [-0.25, -0.2) is 4.79 Å². The number of aliphatic hydroxyl groups is 1. The van der Waals surface area contributed by atoms with E-state index in [1.807, 2.05) is 25.7 Å². The molecule has 2 amide bonds. The number of hydrogen-bond donors (Lipinski definition) is 1. The van der Waals surface area contributed by atoms with E-state index in [1.54, 1.807) is 4.90 Å². The molecule has 0 bridgehead atoms. The van der Waals surface area contributed by atoms with Crippen LogP contribution >= 0.6 is 0 Å². The third-order valence-corrected chi connectivity index (χ3v) is 4.66. The maximum absolute atomic E-state index is 12.0. The predicted octanol–water partition coefficient (Wildman–Crippen LogP) is 0.692. The van der Waals surface area contributed by atoms with Crippen molar-refractivity contribution in [2.45, 2.75) is 38.8 Å². The van der Waals surface area contributed by atoms with Crippen LogP contribution in [0.3, 0.4) is 0 Å². The van der Waals surface area contributed by atoms with Gasteiger partial charge in [-0.05, 0) is 20.8 Å². The molecule has 21 heavy (non-hydrogen) atoms. The van der Waals surface area contributed by atoms with Crippen molar-refractivity contribution in [3.8, 4) is 0 Å². The Morgan fingerprint density at radius 1 is 1.29 bits per heavy atom. The summed E-state index contributed by atoms with van der Waals surface area (Å²) < 4.78 is 5.38. The summed E-state index contributed by atoms with van der Waals surface area (Å²) in [5, 5.41) is 9.18. The summed E-state index contributed by atoms with van der Waals surface area (Å²) in [6.45, 7) is 7.69. The van der Waals surface area contributed by atoms with Crippen LogP contribution in [0.2, 0.25) is 0 Å². The van der Waals surface area contributed by atoms with Gasteiger partial charge in [0.2, 0.25) is 5.91 Å². The number of ether oxygens (including phenoxy) is 1. The molecule has 1 N–H and O–H groups in total. The molecule has 3 rings (SSSR count). The van der Waals surface area contributed by atoms with Crippen molar-refractivity contribution in [3.05, 3.63) is 0 Å². The van der Waals surface area contributed by atoms with Crippen molar-refractivity contribution < 1.29 is 19.4 Å². The minimum absolute atomic E-state index is 0.0777. The number of nitrogens with zero attached hydrogens (tertiary/aromatic N) is 2. The van der Waals surface area contributed by atoms with E-state index in [0.717, 1.165) is 0 Å². The minimum atomic E-state index is -0.470. The minimum Gasteiger partial charge on any atom is -0.444 e. The number of amides is 2. The summed E-state index contributed by atoms with van der Waals surface area (Å²) in [5.41, 5.74) is -0.470. The Balaban J connectivity index is 1.53. The summed E-state index contributed by atoms with van der Waals surface area (Å²) in [7, 11) is 0. The molecule has 3 aliphatic rings. The van der Waals surface area contributed by atoms with E-state index in [9.17, 15) is 14.7 Å². The van der Waals surface area contributed by atoms with E-state index in [0.29, 0.717) is 37.9 Å². The Hall–Kier alpha value is -1.30. The van der Waals surface area contributed by atoms with E-state index in [1.165, 1.54) is 0 Å².